The number of rotatable bonds is 6. The lowest BCUT2D eigenvalue weighted by atomic mass is 9.79. The highest BCUT2D eigenvalue weighted by atomic mass is 31.1. The summed E-state index contributed by atoms with van der Waals surface area (Å²) in [6.45, 7) is 17.1. The number of phenols is 1. The number of halogens is 1. The maximum absolute atomic E-state index is 14.1. The van der Waals surface area contributed by atoms with Crippen LogP contribution in [-0.2, 0) is 24.7 Å². The standard InChI is InChI=1S/C19H28FO5P.C4H10/c1-17(2,3)13-10-12(16(22)14(11-13)18(4,5)6)8-9-15(21)19(7,20)25-26(23)24;1-3-4-2/h8-11,22,26H,1-7H3,(H,23,24);3-4H2,1-2H3/b9-8+;. The molecule has 0 heterocycles. The predicted molar refractivity (Wildman–Crippen MR) is 122 cm³/mol. The lowest BCUT2D eigenvalue weighted by Crippen LogP contribution is -2.29. The first-order valence-electron chi connectivity index (χ1n) is 10.2. The second-order valence-corrected chi connectivity index (χ2v) is 10.2. The van der Waals surface area contributed by atoms with Crippen LogP contribution in [0.1, 0.15) is 91.8 Å². The first kappa shape index (κ1) is 28.5. The van der Waals surface area contributed by atoms with E-state index in [9.17, 15) is 18.9 Å². The average Bonchev–Trinajstić information content (AvgIpc) is 2.57. The Morgan fingerprint density at radius 1 is 1.07 bits per heavy atom. The number of phenolic OH excluding ortho intramolecular Hbond substituents is 1. The smallest absolute Gasteiger partial charge is 0.319 e. The van der Waals surface area contributed by atoms with Gasteiger partial charge in [0.25, 0.3) is 5.85 Å². The number of unbranched alkanes of at least 4 members (excludes halogenated alkanes) is 1. The normalized spacial score (nSPS) is 15.3. The molecule has 7 heteroatoms. The Morgan fingerprint density at radius 3 is 1.93 bits per heavy atom. The van der Waals surface area contributed by atoms with Crippen LogP contribution in [0.15, 0.2) is 18.2 Å². The summed E-state index contributed by atoms with van der Waals surface area (Å²) in [5.74, 6) is -4.03. The molecule has 2 N–H and O–H groups in total. The lowest BCUT2D eigenvalue weighted by molar-refractivity contribution is -0.143. The molecule has 1 aromatic carbocycles. The number of hydrogen-bond donors (Lipinski definition) is 2. The molecule has 0 radical (unpaired) electrons. The molecule has 5 nitrogen and oxygen atoms in total. The van der Waals surface area contributed by atoms with Crippen LogP contribution in [-0.4, -0.2) is 21.6 Å². The van der Waals surface area contributed by atoms with Gasteiger partial charge in [0, 0.05) is 18.1 Å². The Balaban J connectivity index is 0.00000192. The van der Waals surface area contributed by atoms with Crippen molar-refractivity contribution in [2.24, 2.45) is 0 Å². The van der Waals surface area contributed by atoms with Gasteiger partial charge in [-0.05, 0) is 34.6 Å². The van der Waals surface area contributed by atoms with E-state index in [1.165, 1.54) is 18.9 Å². The number of hydrogen-bond acceptors (Lipinski definition) is 4. The molecular formula is C23H38FO5P. The molecule has 1 aromatic rings. The minimum absolute atomic E-state index is 0.00626. The highest BCUT2D eigenvalue weighted by Crippen LogP contribution is 2.38. The molecule has 1 rings (SSSR count). The first-order chi connectivity index (χ1) is 13.5. The van der Waals surface area contributed by atoms with Crippen molar-refractivity contribution in [3.05, 3.63) is 34.9 Å². The van der Waals surface area contributed by atoms with Crippen LogP contribution in [0.5, 0.6) is 5.75 Å². The molecular weight excluding hydrogens is 406 g/mol. The second kappa shape index (κ2) is 11.2. The van der Waals surface area contributed by atoms with Gasteiger partial charge < -0.3 is 10.00 Å². The van der Waals surface area contributed by atoms with Crippen molar-refractivity contribution in [2.75, 3.05) is 0 Å². The number of carbonyl (C=O) groups is 1. The zero-order chi connectivity index (χ0) is 23.9. The third kappa shape index (κ3) is 9.11. The van der Waals surface area contributed by atoms with Gasteiger partial charge >= 0.3 is 8.25 Å². The summed E-state index contributed by atoms with van der Waals surface area (Å²) in [7, 11) is -3.61. The zero-order valence-corrected chi connectivity index (χ0v) is 20.7. The fraction of sp³-hybridized carbons (Fsp3) is 0.609. The number of alkyl halides is 1. The Labute approximate surface area is 181 Å². The van der Waals surface area contributed by atoms with E-state index >= 15 is 0 Å². The van der Waals surface area contributed by atoms with Crippen LogP contribution in [0, 0.1) is 0 Å². The van der Waals surface area contributed by atoms with Crippen LogP contribution in [0.3, 0.4) is 0 Å². The van der Waals surface area contributed by atoms with Crippen LogP contribution < -0.4 is 0 Å². The quantitative estimate of drug-likeness (QED) is 0.389. The summed E-state index contributed by atoms with van der Waals surface area (Å²) in [4.78, 5) is 20.6. The van der Waals surface area contributed by atoms with Gasteiger partial charge in [-0.3, -0.25) is 13.9 Å². The van der Waals surface area contributed by atoms with E-state index in [0.29, 0.717) is 11.1 Å². The molecule has 0 bridgehead atoms. The molecule has 172 valence electrons. The molecule has 0 saturated carbocycles. The van der Waals surface area contributed by atoms with E-state index in [4.69, 9.17) is 4.89 Å². The highest BCUT2D eigenvalue weighted by Gasteiger charge is 2.34. The van der Waals surface area contributed by atoms with E-state index in [0.717, 1.165) is 18.6 Å². The summed E-state index contributed by atoms with van der Waals surface area (Å²) < 4.78 is 28.9. The van der Waals surface area contributed by atoms with Gasteiger partial charge in [0.1, 0.15) is 5.75 Å². The maximum Gasteiger partial charge on any atom is 0.319 e. The molecule has 0 aromatic heterocycles. The van der Waals surface area contributed by atoms with Gasteiger partial charge in [-0.1, -0.05) is 74.3 Å². The van der Waals surface area contributed by atoms with Gasteiger partial charge in [-0.2, -0.15) is 0 Å². The number of benzene rings is 1. The van der Waals surface area contributed by atoms with Crippen molar-refractivity contribution in [3.8, 4) is 5.75 Å². The predicted octanol–water partition coefficient (Wildman–Crippen LogP) is 6.46. The van der Waals surface area contributed by atoms with Crippen LogP contribution in [0.4, 0.5) is 4.39 Å². The maximum atomic E-state index is 14.1. The van der Waals surface area contributed by atoms with Crippen LogP contribution in [0.25, 0.3) is 6.08 Å². The Bertz CT molecular complexity index is 769. The van der Waals surface area contributed by atoms with Crippen LogP contribution >= 0.6 is 8.25 Å². The van der Waals surface area contributed by atoms with Gasteiger partial charge in [0.2, 0.25) is 5.78 Å². The van der Waals surface area contributed by atoms with Gasteiger partial charge in [0.15, 0.2) is 0 Å². The summed E-state index contributed by atoms with van der Waals surface area (Å²) >= 11 is 0. The monoisotopic (exact) mass is 444 g/mol. The van der Waals surface area contributed by atoms with E-state index in [1.54, 1.807) is 6.07 Å². The summed E-state index contributed by atoms with van der Waals surface area (Å²) in [5, 5.41) is 10.6. The summed E-state index contributed by atoms with van der Waals surface area (Å²) in [5.41, 5.74) is 1.48. The third-order valence-electron chi connectivity index (χ3n) is 4.45. The van der Waals surface area contributed by atoms with Gasteiger partial charge in [-0.25, -0.2) is 4.39 Å². The fourth-order valence-electron chi connectivity index (χ4n) is 2.32. The molecule has 2 atom stereocenters. The third-order valence-corrected chi connectivity index (χ3v) is 5.00. The van der Waals surface area contributed by atoms with Crippen molar-refractivity contribution >= 4 is 20.1 Å². The lowest BCUT2D eigenvalue weighted by Gasteiger charge is -2.27. The molecule has 30 heavy (non-hydrogen) atoms. The van der Waals surface area contributed by atoms with E-state index < -0.39 is 19.9 Å². The topological polar surface area (TPSA) is 83.8 Å². The summed E-state index contributed by atoms with van der Waals surface area (Å²) in [6, 6.07) is 3.66. The Kier molecular flexibility index (Phi) is 10.7. The fourth-order valence-corrected chi connectivity index (χ4v) is 2.75. The Hall–Kier alpha value is -1.49. The highest BCUT2D eigenvalue weighted by molar-refractivity contribution is 7.32. The summed E-state index contributed by atoms with van der Waals surface area (Å²) in [6.07, 6.45) is 4.83. The van der Waals surface area contributed by atoms with E-state index in [1.807, 2.05) is 47.6 Å². The van der Waals surface area contributed by atoms with Crippen molar-refractivity contribution in [3.63, 3.8) is 0 Å². The minimum atomic E-state index is -3.61. The SMILES string of the molecule is CC(F)(O[PH](=O)O)C(=O)/C=C/c1cc(C(C)(C)C)cc(C(C)(C)C)c1O.CCCC. The second-order valence-electron chi connectivity index (χ2n) is 9.44. The minimum Gasteiger partial charge on any atom is -0.507 e. The van der Waals surface area contributed by atoms with E-state index in [-0.39, 0.29) is 16.6 Å². The molecule has 2 unspecified atom stereocenters. The molecule has 0 fully saturated rings. The molecule has 0 saturated heterocycles. The molecule has 0 aliphatic rings. The molecule has 0 amide bonds. The molecule has 0 aliphatic carbocycles. The van der Waals surface area contributed by atoms with Crippen molar-refractivity contribution in [2.45, 2.75) is 91.8 Å². The number of aromatic hydroxyl groups is 1. The van der Waals surface area contributed by atoms with Crippen molar-refractivity contribution < 1.29 is 28.3 Å². The van der Waals surface area contributed by atoms with Crippen molar-refractivity contribution in [1.29, 1.82) is 0 Å². The largest absolute Gasteiger partial charge is 0.507 e. The van der Waals surface area contributed by atoms with Crippen LogP contribution in [0.2, 0.25) is 0 Å². The van der Waals surface area contributed by atoms with E-state index in [2.05, 4.69) is 18.4 Å². The molecule has 0 spiro atoms. The average molecular weight is 445 g/mol. The zero-order valence-electron chi connectivity index (χ0n) is 19.7. The first-order valence-corrected chi connectivity index (χ1v) is 11.4. The molecule has 0 aliphatic heterocycles. The van der Waals surface area contributed by atoms with Gasteiger partial charge in [-0.15, -0.1) is 0 Å². The Morgan fingerprint density at radius 2 is 1.57 bits per heavy atom. The van der Waals surface area contributed by atoms with Crippen molar-refractivity contribution in [1.82, 2.24) is 0 Å². The van der Waals surface area contributed by atoms with Gasteiger partial charge in [0.05, 0.1) is 0 Å². The number of carbonyl (C=O) groups excluding carboxylic acids is 1. The number of ketones is 1.